The summed E-state index contributed by atoms with van der Waals surface area (Å²) in [5, 5.41) is 0.974. The van der Waals surface area contributed by atoms with Gasteiger partial charge in [0.25, 0.3) is 0 Å². The molecule has 5 heteroatoms. The number of esters is 1. The van der Waals surface area contributed by atoms with Crippen molar-refractivity contribution >= 4 is 33.2 Å². The number of hydrogen-bond acceptors (Lipinski definition) is 4. The van der Waals surface area contributed by atoms with E-state index in [1.807, 2.05) is 0 Å². The first kappa shape index (κ1) is 11.7. The van der Waals surface area contributed by atoms with Crippen molar-refractivity contribution in [1.82, 2.24) is 4.98 Å². The minimum atomic E-state index is -0.349. The van der Waals surface area contributed by atoms with Gasteiger partial charge >= 0.3 is 5.97 Å². The van der Waals surface area contributed by atoms with Crippen molar-refractivity contribution in [3.05, 3.63) is 14.5 Å². The van der Waals surface area contributed by atoms with Gasteiger partial charge < -0.3 is 4.74 Å². The van der Waals surface area contributed by atoms with Crippen molar-refractivity contribution in [3.8, 4) is 0 Å². The van der Waals surface area contributed by atoms with Gasteiger partial charge in [-0.25, -0.2) is 9.78 Å². The molecule has 0 radical (unpaired) electrons. The first-order valence-corrected chi connectivity index (χ1v) is 6.12. The molecule has 1 aromatic rings. The summed E-state index contributed by atoms with van der Waals surface area (Å²) in [5.41, 5.74) is 0.403. The Morgan fingerprint density at radius 1 is 1.57 bits per heavy atom. The molecular formula is C9H12BrNO2S. The number of thiazole rings is 1. The topological polar surface area (TPSA) is 39.2 Å². The quantitative estimate of drug-likeness (QED) is 0.795. The predicted octanol–water partition coefficient (Wildman–Crippen LogP) is 3.03. The number of carbonyl (C=O) groups excluding carboxylic acids is 1. The molecule has 1 heterocycles. The number of halogens is 1. The summed E-state index contributed by atoms with van der Waals surface area (Å²) in [6.07, 6.45) is 1.94. The van der Waals surface area contributed by atoms with Crippen molar-refractivity contribution in [2.24, 2.45) is 0 Å². The van der Waals surface area contributed by atoms with Crippen LogP contribution in [0.25, 0.3) is 0 Å². The molecule has 0 aliphatic rings. The Balaban J connectivity index is 2.81. The summed E-state index contributed by atoms with van der Waals surface area (Å²) < 4.78 is 5.64. The van der Waals surface area contributed by atoms with Gasteiger partial charge in [-0.15, -0.1) is 11.3 Å². The van der Waals surface area contributed by atoms with E-state index in [2.05, 4.69) is 27.8 Å². The van der Waals surface area contributed by atoms with Crippen LogP contribution in [0.3, 0.4) is 0 Å². The Morgan fingerprint density at radius 2 is 2.29 bits per heavy atom. The Labute approximate surface area is 95.6 Å². The van der Waals surface area contributed by atoms with Gasteiger partial charge in [0.05, 0.1) is 11.6 Å². The summed E-state index contributed by atoms with van der Waals surface area (Å²) in [6.45, 7) is 4.25. The van der Waals surface area contributed by atoms with Crippen LogP contribution in [-0.2, 0) is 11.2 Å². The van der Waals surface area contributed by atoms with Crippen molar-refractivity contribution in [1.29, 1.82) is 0 Å². The number of aromatic nitrogens is 1. The Hall–Kier alpha value is -0.420. The highest BCUT2D eigenvalue weighted by Gasteiger charge is 2.16. The average molecular weight is 278 g/mol. The highest BCUT2D eigenvalue weighted by molar-refractivity contribution is 9.11. The largest absolute Gasteiger partial charge is 0.461 e. The van der Waals surface area contributed by atoms with E-state index < -0.39 is 0 Å². The highest BCUT2D eigenvalue weighted by Crippen LogP contribution is 2.26. The van der Waals surface area contributed by atoms with Gasteiger partial charge in [0.1, 0.15) is 3.79 Å². The van der Waals surface area contributed by atoms with Gasteiger partial charge in [0, 0.05) is 0 Å². The van der Waals surface area contributed by atoms with E-state index in [1.165, 1.54) is 11.3 Å². The Kier molecular flexibility index (Phi) is 4.54. The molecule has 0 atom stereocenters. The Morgan fingerprint density at radius 3 is 2.86 bits per heavy atom. The highest BCUT2D eigenvalue weighted by atomic mass is 79.9. The number of hydrogen-bond donors (Lipinski definition) is 0. The van der Waals surface area contributed by atoms with Gasteiger partial charge in [-0.3, -0.25) is 0 Å². The van der Waals surface area contributed by atoms with Crippen LogP contribution in [0.4, 0.5) is 0 Å². The lowest BCUT2D eigenvalue weighted by Gasteiger charge is -1.97. The second-order valence-electron chi connectivity index (χ2n) is 2.70. The molecule has 0 spiro atoms. The standard InChI is InChI=1S/C9H12BrNO2S/c1-3-5-6-11-7(8(10)14-6)9(12)13-4-2/h3-5H2,1-2H3. The zero-order valence-corrected chi connectivity index (χ0v) is 10.6. The smallest absolute Gasteiger partial charge is 0.359 e. The average Bonchev–Trinajstić information content (AvgIpc) is 2.48. The third-order valence-electron chi connectivity index (χ3n) is 1.56. The van der Waals surface area contributed by atoms with Crippen LogP contribution in [0, 0.1) is 0 Å². The van der Waals surface area contributed by atoms with E-state index in [4.69, 9.17) is 4.74 Å². The minimum absolute atomic E-state index is 0.349. The fourth-order valence-electron chi connectivity index (χ4n) is 0.989. The molecule has 1 rings (SSSR count). The van der Waals surface area contributed by atoms with Gasteiger partial charge in [0.2, 0.25) is 0 Å². The monoisotopic (exact) mass is 277 g/mol. The molecule has 0 bridgehead atoms. The van der Waals surface area contributed by atoms with Gasteiger partial charge in [-0.05, 0) is 35.7 Å². The molecule has 0 amide bonds. The predicted molar refractivity (Wildman–Crippen MR) is 59.8 cm³/mol. The van der Waals surface area contributed by atoms with Gasteiger partial charge in [-0.2, -0.15) is 0 Å². The summed E-state index contributed by atoms with van der Waals surface area (Å²) in [6, 6.07) is 0. The molecule has 0 aliphatic carbocycles. The lowest BCUT2D eigenvalue weighted by molar-refractivity contribution is 0.0519. The molecular weight excluding hydrogens is 266 g/mol. The molecule has 14 heavy (non-hydrogen) atoms. The third-order valence-corrected chi connectivity index (χ3v) is 3.33. The zero-order chi connectivity index (χ0) is 10.6. The van der Waals surface area contributed by atoms with Crippen molar-refractivity contribution in [2.45, 2.75) is 26.7 Å². The fourth-order valence-corrected chi connectivity index (χ4v) is 2.68. The van der Waals surface area contributed by atoms with Crippen LogP contribution in [0.1, 0.15) is 35.8 Å². The van der Waals surface area contributed by atoms with E-state index >= 15 is 0 Å². The van der Waals surface area contributed by atoms with Crippen molar-refractivity contribution in [3.63, 3.8) is 0 Å². The van der Waals surface area contributed by atoms with Gasteiger partial charge in [-0.1, -0.05) is 6.92 Å². The number of nitrogens with zero attached hydrogens (tertiary/aromatic N) is 1. The third kappa shape index (κ3) is 2.78. The molecule has 78 valence electrons. The summed E-state index contributed by atoms with van der Waals surface area (Å²) in [4.78, 5) is 15.6. The maximum Gasteiger partial charge on any atom is 0.359 e. The van der Waals surface area contributed by atoms with Crippen LogP contribution in [0.2, 0.25) is 0 Å². The van der Waals surface area contributed by atoms with E-state index in [0.29, 0.717) is 12.3 Å². The molecule has 0 saturated heterocycles. The molecule has 1 aromatic heterocycles. The van der Waals surface area contributed by atoms with Crippen LogP contribution in [-0.4, -0.2) is 17.6 Å². The van der Waals surface area contributed by atoms with Crippen molar-refractivity contribution < 1.29 is 9.53 Å². The molecule has 3 nitrogen and oxygen atoms in total. The summed E-state index contributed by atoms with van der Waals surface area (Å²) >= 11 is 4.81. The minimum Gasteiger partial charge on any atom is -0.461 e. The fraction of sp³-hybridized carbons (Fsp3) is 0.556. The van der Waals surface area contributed by atoms with E-state index in [0.717, 1.165) is 21.6 Å². The molecule has 0 saturated carbocycles. The first-order chi connectivity index (χ1) is 6.69. The number of carbonyl (C=O) groups is 1. The molecule has 0 aromatic carbocycles. The van der Waals surface area contributed by atoms with Crippen molar-refractivity contribution in [2.75, 3.05) is 6.61 Å². The normalized spacial score (nSPS) is 10.2. The van der Waals surface area contributed by atoms with E-state index in [9.17, 15) is 4.79 Å². The number of ether oxygens (including phenoxy) is 1. The number of rotatable bonds is 4. The Bertz CT molecular complexity index is 325. The molecule has 0 unspecified atom stereocenters. The SMILES string of the molecule is CCCc1nc(C(=O)OCC)c(Br)s1. The number of aryl methyl sites for hydroxylation is 1. The zero-order valence-electron chi connectivity index (χ0n) is 8.17. The second-order valence-corrected chi connectivity index (χ2v) is 5.10. The van der Waals surface area contributed by atoms with Crippen LogP contribution < -0.4 is 0 Å². The maximum absolute atomic E-state index is 11.4. The summed E-state index contributed by atoms with van der Waals surface area (Å²) in [7, 11) is 0. The lowest BCUT2D eigenvalue weighted by Crippen LogP contribution is -2.05. The van der Waals surface area contributed by atoms with Crippen LogP contribution in [0.5, 0.6) is 0 Å². The van der Waals surface area contributed by atoms with E-state index in [-0.39, 0.29) is 5.97 Å². The first-order valence-electron chi connectivity index (χ1n) is 4.51. The molecule has 0 fully saturated rings. The molecule has 0 N–H and O–H groups in total. The second kappa shape index (κ2) is 5.46. The van der Waals surface area contributed by atoms with Gasteiger partial charge in [0.15, 0.2) is 5.69 Å². The maximum atomic E-state index is 11.4. The summed E-state index contributed by atoms with van der Waals surface area (Å²) in [5.74, 6) is -0.349. The van der Waals surface area contributed by atoms with Crippen LogP contribution in [0.15, 0.2) is 3.79 Å². The lowest BCUT2D eigenvalue weighted by atomic mass is 10.3. The van der Waals surface area contributed by atoms with Crippen LogP contribution >= 0.6 is 27.3 Å². The van der Waals surface area contributed by atoms with E-state index in [1.54, 1.807) is 6.92 Å². The molecule has 0 aliphatic heterocycles.